The topological polar surface area (TPSA) is 73.6 Å². The van der Waals surface area contributed by atoms with Gasteiger partial charge in [-0.3, -0.25) is 4.79 Å². The van der Waals surface area contributed by atoms with Crippen LogP contribution in [0.4, 0.5) is 5.69 Å². The maximum Gasteiger partial charge on any atom is 0.231 e. The molecule has 3 rings (SSSR count). The van der Waals surface area contributed by atoms with Gasteiger partial charge < -0.3 is 20.5 Å². The Labute approximate surface area is 122 Å². The molecule has 5 heteroatoms. The third-order valence-electron chi connectivity index (χ3n) is 3.24. The third-order valence-corrected chi connectivity index (χ3v) is 3.24. The maximum absolute atomic E-state index is 11.9. The molecule has 21 heavy (non-hydrogen) atoms. The molecule has 1 aliphatic heterocycles. The number of nitrogens with two attached hydrogens (primary N) is 1. The predicted molar refractivity (Wildman–Crippen MR) is 79.0 cm³/mol. The van der Waals surface area contributed by atoms with Gasteiger partial charge in [0.15, 0.2) is 11.5 Å². The van der Waals surface area contributed by atoms with E-state index in [1.165, 1.54) is 0 Å². The van der Waals surface area contributed by atoms with Crippen molar-refractivity contribution >= 4 is 11.6 Å². The predicted octanol–water partition coefficient (Wildman–Crippen LogP) is 1.86. The van der Waals surface area contributed by atoms with Gasteiger partial charge in [-0.1, -0.05) is 18.2 Å². The number of carbonyl (C=O) groups excluding carboxylic acids is 1. The Morgan fingerprint density at radius 2 is 1.95 bits per heavy atom. The van der Waals surface area contributed by atoms with Crippen LogP contribution in [0.3, 0.4) is 0 Å². The summed E-state index contributed by atoms with van der Waals surface area (Å²) in [5.41, 5.74) is 8.23. The quantitative estimate of drug-likeness (QED) is 0.840. The molecule has 0 saturated heterocycles. The van der Waals surface area contributed by atoms with Crippen molar-refractivity contribution < 1.29 is 14.3 Å². The van der Waals surface area contributed by atoms with Crippen LogP contribution in [0.15, 0.2) is 42.5 Å². The molecule has 0 fully saturated rings. The molecule has 0 aliphatic carbocycles. The molecule has 1 aliphatic rings. The number of hydrogen-bond donors (Lipinski definition) is 2. The number of benzene rings is 2. The van der Waals surface area contributed by atoms with E-state index in [1.807, 2.05) is 30.3 Å². The van der Waals surface area contributed by atoms with Gasteiger partial charge in [-0.25, -0.2) is 0 Å². The van der Waals surface area contributed by atoms with Gasteiger partial charge in [0.2, 0.25) is 12.7 Å². The minimum absolute atomic E-state index is 0.0433. The molecule has 0 aromatic heterocycles. The molecule has 1 heterocycles. The number of anilines is 1. The summed E-state index contributed by atoms with van der Waals surface area (Å²) in [5, 5.41) is 2.88. The third kappa shape index (κ3) is 3.25. The van der Waals surface area contributed by atoms with E-state index in [0.29, 0.717) is 18.7 Å². The summed E-state index contributed by atoms with van der Waals surface area (Å²) in [6.07, 6.45) is 0.315. The molecule has 108 valence electrons. The number of hydrogen-bond acceptors (Lipinski definition) is 4. The van der Waals surface area contributed by atoms with Crippen molar-refractivity contribution in [2.75, 3.05) is 12.5 Å². The summed E-state index contributed by atoms with van der Waals surface area (Å²) in [5.74, 6) is 1.42. The van der Waals surface area contributed by atoms with Crippen LogP contribution < -0.4 is 20.5 Å². The number of fused-ring (bicyclic) bond motifs is 1. The maximum atomic E-state index is 11.9. The lowest BCUT2D eigenvalue weighted by Gasteiger charge is -2.07. The molecule has 3 N–H and O–H groups in total. The minimum atomic E-state index is -0.0433. The van der Waals surface area contributed by atoms with Gasteiger partial charge in [0.25, 0.3) is 0 Å². The highest BCUT2D eigenvalue weighted by Crippen LogP contribution is 2.32. The monoisotopic (exact) mass is 284 g/mol. The first-order valence-electron chi connectivity index (χ1n) is 6.70. The minimum Gasteiger partial charge on any atom is -0.454 e. The number of nitrogens with one attached hydrogen (secondary N) is 1. The van der Waals surface area contributed by atoms with Crippen LogP contribution in [0.1, 0.15) is 11.1 Å². The van der Waals surface area contributed by atoms with E-state index in [-0.39, 0.29) is 12.7 Å². The Morgan fingerprint density at radius 3 is 2.81 bits per heavy atom. The Hall–Kier alpha value is -2.69. The second-order valence-electron chi connectivity index (χ2n) is 4.89. The average Bonchev–Trinajstić information content (AvgIpc) is 2.92. The van der Waals surface area contributed by atoms with E-state index in [0.717, 1.165) is 22.6 Å². The number of nitrogen functional groups attached to an aromatic ring is 1. The zero-order valence-electron chi connectivity index (χ0n) is 11.5. The van der Waals surface area contributed by atoms with Gasteiger partial charge in [0.1, 0.15) is 0 Å². The first-order chi connectivity index (χ1) is 10.2. The van der Waals surface area contributed by atoms with E-state index in [2.05, 4.69) is 5.32 Å². The zero-order chi connectivity index (χ0) is 14.7. The van der Waals surface area contributed by atoms with Crippen molar-refractivity contribution in [2.45, 2.75) is 13.0 Å². The van der Waals surface area contributed by atoms with Crippen molar-refractivity contribution in [1.29, 1.82) is 0 Å². The number of carbonyl (C=O) groups is 1. The van der Waals surface area contributed by atoms with Crippen molar-refractivity contribution in [3.8, 4) is 11.5 Å². The van der Waals surface area contributed by atoms with Crippen LogP contribution in [0.2, 0.25) is 0 Å². The van der Waals surface area contributed by atoms with Gasteiger partial charge in [-0.15, -0.1) is 0 Å². The van der Waals surface area contributed by atoms with E-state index >= 15 is 0 Å². The first-order valence-corrected chi connectivity index (χ1v) is 6.70. The molecule has 0 atom stereocenters. The zero-order valence-corrected chi connectivity index (χ0v) is 11.5. The van der Waals surface area contributed by atoms with Crippen LogP contribution in [0, 0.1) is 0 Å². The van der Waals surface area contributed by atoms with Gasteiger partial charge in [-0.2, -0.15) is 0 Å². The van der Waals surface area contributed by atoms with Crippen molar-refractivity contribution in [3.05, 3.63) is 53.6 Å². The summed E-state index contributed by atoms with van der Waals surface area (Å²) in [7, 11) is 0. The molecule has 0 unspecified atom stereocenters. The van der Waals surface area contributed by atoms with Gasteiger partial charge in [-0.05, 0) is 35.4 Å². The molecule has 1 amide bonds. The average molecular weight is 284 g/mol. The summed E-state index contributed by atoms with van der Waals surface area (Å²) in [4.78, 5) is 11.9. The van der Waals surface area contributed by atoms with Crippen LogP contribution >= 0.6 is 0 Å². The van der Waals surface area contributed by atoms with Gasteiger partial charge in [0, 0.05) is 12.2 Å². The highest BCUT2D eigenvalue weighted by atomic mass is 16.7. The molecule has 0 saturated carbocycles. The van der Waals surface area contributed by atoms with Crippen molar-refractivity contribution in [2.24, 2.45) is 0 Å². The molecule has 2 aromatic carbocycles. The summed E-state index contributed by atoms with van der Waals surface area (Å²) < 4.78 is 10.6. The van der Waals surface area contributed by atoms with E-state index < -0.39 is 0 Å². The number of amides is 1. The Kier molecular flexibility index (Phi) is 3.64. The molecular formula is C16H16N2O3. The van der Waals surface area contributed by atoms with Crippen LogP contribution in [-0.4, -0.2) is 12.7 Å². The Morgan fingerprint density at radius 1 is 1.10 bits per heavy atom. The normalized spacial score (nSPS) is 12.2. The lowest BCUT2D eigenvalue weighted by Crippen LogP contribution is -2.24. The van der Waals surface area contributed by atoms with Crippen molar-refractivity contribution in [1.82, 2.24) is 5.32 Å². The number of ether oxygens (including phenoxy) is 2. The fourth-order valence-corrected chi connectivity index (χ4v) is 2.20. The lowest BCUT2D eigenvalue weighted by molar-refractivity contribution is -0.120. The van der Waals surface area contributed by atoms with Crippen LogP contribution in [0.5, 0.6) is 11.5 Å². The highest BCUT2D eigenvalue weighted by Gasteiger charge is 2.13. The lowest BCUT2D eigenvalue weighted by atomic mass is 10.1. The standard InChI is InChI=1S/C16H16N2O3/c17-13-3-1-2-11(6-13)8-16(19)18-9-12-4-5-14-15(7-12)21-10-20-14/h1-7H,8-10,17H2,(H,18,19). The van der Waals surface area contributed by atoms with Crippen molar-refractivity contribution in [3.63, 3.8) is 0 Å². The Balaban J connectivity index is 1.56. The summed E-state index contributed by atoms with van der Waals surface area (Å²) in [6, 6.07) is 13.0. The van der Waals surface area contributed by atoms with E-state index in [4.69, 9.17) is 15.2 Å². The molecule has 5 nitrogen and oxygen atoms in total. The molecule has 0 bridgehead atoms. The molecular weight excluding hydrogens is 268 g/mol. The van der Waals surface area contributed by atoms with Gasteiger partial charge >= 0.3 is 0 Å². The fraction of sp³-hybridized carbons (Fsp3) is 0.188. The van der Waals surface area contributed by atoms with Gasteiger partial charge in [0.05, 0.1) is 6.42 Å². The second kappa shape index (κ2) is 5.75. The van der Waals surface area contributed by atoms with E-state index in [1.54, 1.807) is 12.1 Å². The Bertz CT molecular complexity index is 670. The molecule has 0 spiro atoms. The smallest absolute Gasteiger partial charge is 0.231 e. The van der Waals surface area contributed by atoms with Crippen LogP contribution in [0.25, 0.3) is 0 Å². The summed E-state index contributed by atoms with van der Waals surface area (Å²) >= 11 is 0. The largest absolute Gasteiger partial charge is 0.454 e. The van der Waals surface area contributed by atoms with Crippen LogP contribution in [-0.2, 0) is 17.8 Å². The SMILES string of the molecule is Nc1cccc(CC(=O)NCc2ccc3c(c2)OCO3)c1. The second-order valence-corrected chi connectivity index (χ2v) is 4.89. The molecule has 0 radical (unpaired) electrons. The fourth-order valence-electron chi connectivity index (χ4n) is 2.20. The number of rotatable bonds is 4. The van der Waals surface area contributed by atoms with E-state index in [9.17, 15) is 4.79 Å². The molecule has 2 aromatic rings. The highest BCUT2D eigenvalue weighted by molar-refractivity contribution is 5.78. The first kappa shape index (κ1) is 13.3. The summed E-state index contributed by atoms with van der Waals surface area (Å²) in [6.45, 7) is 0.707.